The van der Waals surface area contributed by atoms with Crippen LogP contribution in [0.1, 0.15) is 42.3 Å². The molecule has 0 aliphatic carbocycles. The third-order valence-corrected chi connectivity index (χ3v) is 6.03. The van der Waals surface area contributed by atoms with Gasteiger partial charge in [0.25, 0.3) is 0 Å². The molecular formula is C25H26F4N4O2. The number of anilines is 2. The molecular weight excluding hydrogens is 464 g/mol. The number of aryl methyl sites for hydroxylation is 1. The van der Waals surface area contributed by atoms with Crippen LogP contribution in [-0.2, 0) is 35.1 Å². The van der Waals surface area contributed by atoms with Crippen molar-refractivity contribution in [2.24, 2.45) is 0 Å². The predicted molar refractivity (Wildman–Crippen MR) is 125 cm³/mol. The Balaban J connectivity index is 1.76. The van der Waals surface area contributed by atoms with E-state index in [4.69, 9.17) is 4.74 Å². The molecule has 1 N–H and O–H groups in total. The summed E-state index contributed by atoms with van der Waals surface area (Å²) in [6, 6.07) is 6.93. The number of fused-ring (bicyclic) bond motifs is 5. The summed E-state index contributed by atoms with van der Waals surface area (Å²) in [5, 5.41) is 3.62. The average Bonchev–Trinajstić information content (AvgIpc) is 2.85. The number of carbonyl (C=O) groups is 1. The number of nitrogens with zero attached hydrogens (tertiary/aromatic N) is 3. The van der Waals surface area contributed by atoms with Crippen LogP contribution in [0.15, 0.2) is 30.3 Å². The molecule has 0 atom stereocenters. The molecule has 0 radical (unpaired) electrons. The van der Waals surface area contributed by atoms with Crippen molar-refractivity contribution in [1.29, 1.82) is 0 Å². The lowest BCUT2D eigenvalue weighted by Gasteiger charge is -2.20. The van der Waals surface area contributed by atoms with Gasteiger partial charge in [-0.3, -0.25) is 4.79 Å². The van der Waals surface area contributed by atoms with Gasteiger partial charge in [-0.1, -0.05) is 12.1 Å². The van der Waals surface area contributed by atoms with E-state index >= 15 is 0 Å². The van der Waals surface area contributed by atoms with Gasteiger partial charge >= 0.3 is 6.18 Å². The number of alkyl halides is 3. The first-order valence-corrected chi connectivity index (χ1v) is 11.5. The molecule has 3 aromatic rings. The number of hydrogen-bond acceptors (Lipinski definition) is 5. The van der Waals surface area contributed by atoms with Crippen molar-refractivity contribution in [3.63, 3.8) is 0 Å². The standard InChI is InChI=1S/C25H26F4N4O2/c1-2-35-11-10-33(15-34)22-12-18-21(13-20(22)26)31-23-9-4-3-7-17-16(14-30-24(18)32-23)6-5-8-19(17)25(27,28)29/h5-6,8,12-13,15H,2-4,7,9-11,14H2,1H3,(H,30,31,32). The number of amides is 1. The molecule has 0 fully saturated rings. The number of benzene rings is 2. The summed E-state index contributed by atoms with van der Waals surface area (Å²) in [5.41, 5.74) is 0.589. The van der Waals surface area contributed by atoms with Crippen molar-refractivity contribution in [3.05, 3.63) is 58.7 Å². The topological polar surface area (TPSA) is 67.3 Å². The van der Waals surface area contributed by atoms with Crippen LogP contribution >= 0.6 is 0 Å². The Labute approximate surface area is 200 Å². The van der Waals surface area contributed by atoms with Crippen molar-refractivity contribution < 1.29 is 27.1 Å². The number of hydrogen-bond donors (Lipinski definition) is 1. The molecule has 6 nitrogen and oxygen atoms in total. The number of carbonyl (C=O) groups excluding carboxylic acids is 1. The van der Waals surface area contributed by atoms with E-state index in [0.717, 1.165) is 6.07 Å². The fourth-order valence-electron chi connectivity index (χ4n) is 4.32. The largest absolute Gasteiger partial charge is 0.416 e. The van der Waals surface area contributed by atoms with Gasteiger partial charge in [0.15, 0.2) is 0 Å². The van der Waals surface area contributed by atoms with Crippen molar-refractivity contribution in [1.82, 2.24) is 9.97 Å². The van der Waals surface area contributed by atoms with Crippen molar-refractivity contribution in [2.75, 3.05) is 30.0 Å². The van der Waals surface area contributed by atoms with Crippen molar-refractivity contribution >= 4 is 28.8 Å². The summed E-state index contributed by atoms with van der Waals surface area (Å²) in [5.74, 6) is 0.256. The third-order valence-electron chi connectivity index (χ3n) is 6.03. The Kier molecular flexibility index (Phi) is 7.49. The molecule has 1 aliphatic rings. The van der Waals surface area contributed by atoms with E-state index in [1.165, 1.54) is 23.1 Å². The van der Waals surface area contributed by atoms with Crippen LogP contribution in [0.25, 0.3) is 10.9 Å². The summed E-state index contributed by atoms with van der Waals surface area (Å²) in [7, 11) is 0. The van der Waals surface area contributed by atoms with Crippen molar-refractivity contribution in [3.8, 4) is 0 Å². The van der Waals surface area contributed by atoms with Crippen LogP contribution < -0.4 is 10.2 Å². The Hall–Kier alpha value is -3.27. The maximum Gasteiger partial charge on any atom is 0.416 e. The average molecular weight is 491 g/mol. The van der Waals surface area contributed by atoms with Gasteiger partial charge in [-0.15, -0.1) is 0 Å². The highest BCUT2D eigenvalue weighted by Crippen LogP contribution is 2.35. The monoisotopic (exact) mass is 490 g/mol. The van der Waals surface area contributed by atoms with E-state index in [1.807, 2.05) is 6.92 Å². The molecule has 186 valence electrons. The third kappa shape index (κ3) is 5.53. The zero-order valence-corrected chi connectivity index (χ0v) is 19.3. The van der Waals surface area contributed by atoms with Crippen LogP contribution in [0.4, 0.5) is 29.1 Å². The van der Waals surface area contributed by atoms with Crippen LogP contribution in [-0.4, -0.2) is 36.1 Å². The first-order valence-electron chi connectivity index (χ1n) is 11.5. The molecule has 0 spiro atoms. The quantitative estimate of drug-likeness (QED) is 0.289. The predicted octanol–water partition coefficient (Wildman–Crippen LogP) is 5.28. The zero-order valence-electron chi connectivity index (χ0n) is 19.3. The van der Waals surface area contributed by atoms with Gasteiger partial charge in [-0.2, -0.15) is 13.2 Å². The summed E-state index contributed by atoms with van der Waals surface area (Å²) < 4.78 is 61.2. The lowest BCUT2D eigenvalue weighted by atomic mass is 9.95. The van der Waals surface area contributed by atoms with Gasteiger partial charge in [0.1, 0.15) is 17.5 Å². The van der Waals surface area contributed by atoms with Gasteiger partial charge in [-0.25, -0.2) is 14.4 Å². The lowest BCUT2D eigenvalue weighted by Crippen LogP contribution is -2.26. The Bertz CT molecular complexity index is 1220. The Morgan fingerprint density at radius 1 is 1.17 bits per heavy atom. The second-order valence-corrected chi connectivity index (χ2v) is 8.31. The summed E-state index contributed by atoms with van der Waals surface area (Å²) in [6.45, 7) is 2.80. The molecule has 2 heterocycles. The van der Waals surface area contributed by atoms with Gasteiger partial charge in [0, 0.05) is 37.6 Å². The number of nitrogens with one attached hydrogen (secondary N) is 1. The van der Waals surface area contributed by atoms with E-state index < -0.39 is 17.6 Å². The van der Waals surface area contributed by atoms with Crippen molar-refractivity contribution in [2.45, 2.75) is 45.3 Å². The second-order valence-electron chi connectivity index (χ2n) is 8.31. The SMILES string of the molecule is CCOCCN(C=O)c1cc2c3nc(nc2cc1F)CCCCc1c(cccc1C(F)(F)F)CN3. The van der Waals surface area contributed by atoms with Gasteiger partial charge in [0.05, 0.1) is 23.4 Å². The summed E-state index contributed by atoms with van der Waals surface area (Å²) in [4.78, 5) is 21.9. The maximum atomic E-state index is 15.0. The highest BCUT2D eigenvalue weighted by Gasteiger charge is 2.34. The molecule has 0 saturated carbocycles. The zero-order chi connectivity index (χ0) is 25.0. The Morgan fingerprint density at radius 3 is 2.71 bits per heavy atom. The molecule has 0 saturated heterocycles. The van der Waals surface area contributed by atoms with E-state index in [2.05, 4.69) is 15.3 Å². The molecule has 1 aliphatic heterocycles. The fraction of sp³-hybridized carbons (Fsp3) is 0.400. The molecule has 2 bridgehead atoms. The van der Waals surface area contributed by atoms with Crippen LogP contribution in [0.5, 0.6) is 0 Å². The smallest absolute Gasteiger partial charge is 0.380 e. The minimum absolute atomic E-state index is 0.0516. The number of rotatable bonds is 6. The van der Waals surface area contributed by atoms with E-state index in [9.17, 15) is 22.4 Å². The molecule has 10 heteroatoms. The summed E-state index contributed by atoms with van der Waals surface area (Å²) >= 11 is 0. The van der Waals surface area contributed by atoms with Gasteiger partial charge in [0.2, 0.25) is 6.41 Å². The normalized spacial score (nSPS) is 14.1. The number of halogens is 4. The van der Waals surface area contributed by atoms with Crippen LogP contribution in [0.3, 0.4) is 0 Å². The maximum absolute atomic E-state index is 15.0. The molecule has 0 unspecified atom stereocenters. The highest BCUT2D eigenvalue weighted by atomic mass is 19.4. The van der Waals surface area contributed by atoms with Crippen LogP contribution in [0, 0.1) is 5.82 Å². The first kappa shape index (κ1) is 24.8. The highest BCUT2D eigenvalue weighted by molar-refractivity contribution is 5.93. The van der Waals surface area contributed by atoms with Gasteiger partial charge < -0.3 is 15.0 Å². The van der Waals surface area contributed by atoms with E-state index in [0.29, 0.717) is 60.4 Å². The lowest BCUT2D eigenvalue weighted by molar-refractivity contribution is -0.138. The second kappa shape index (κ2) is 10.6. The molecule has 1 aromatic heterocycles. The minimum Gasteiger partial charge on any atom is -0.380 e. The van der Waals surface area contributed by atoms with E-state index in [1.54, 1.807) is 6.07 Å². The van der Waals surface area contributed by atoms with E-state index in [-0.39, 0.29) is 37.4 Å². The Morgan fingerprint density at radius 2 is 1.97 bits per heavy atom. The number of aromatic nitrogens is 2. The molecule has 4 rings (SSSR count). The molecule has 2 aromatic carbocycles. The molecule has 35 heavy (non-hydrogen) atoms. The van der Waals surface area contributed by atoms with Gasteiger partial charge in [-0.05, 0) is 49.4 Å². The van der Waals surface area contributed by atoms with Crippen LogP contribution in [0.2, 0.25) is 0 Å². The minimum atomic E-state index is -4.44. The fourth-order valence-corrected chi connectivity index (χ4v) is 4.32. The number of ether oxygens (including phenoxy) is 1. The first-order chi connectivity index (χ1) is 16.8. The summed E-state index contributed by atoms with van der Waals surface area (Å²) in [6.07, 6.45) is -2.04. The molecule has 1 amide bonds.